The summed E-state index contributed by atoms with van der Waals surface area (Å²) in [5, 5.41) is 5.30. The third-order valence-electron chi connectivity index (χ3n) is 1.96. The van der Waals surface area contributed by atoms with Crippen LogP contribution in [0.1, 0.15) is 9.75 Å². The number of nitrogens with one attached hydrogen (secondary N) is 1. The quantitative estimate of drug-likeness (QED) is 0.910. The number of anilines is 2. The molecule has 0 aliphatic heterocycles. The Morgan fingerprint density at radius 2 is 2.06 bits per heavy atom. The normalized spacial score (nSPS) is 10.4. The van der Waals surface area contributed by atoms with E-state index < -0.39 is 0 Å². The molecule has 2 rings (SSSR count). The van der Waals surface area contributed by atoms with Gasteiger partial charge in [-0.15, -0.1) is 22.7 Å². The molecule has 16 heavy (non-hydrogen) atoms. The van der Waals surface area contributed by atoms with Gasteiger partial charge in [0.2, 0.25) is 0 Å². The van der Waals surface area contributed by atoms with E-state index in [1.54, 1.807) is 22.7 Å². The van der Waals surface area contributed by atoms with Crippen LogP contribution in [-0.4, -0.2) is 24.1 Å². The summed E-state index contributed by atoms with van der Waals surface area (Å²) in [6.45, 7) is 2.85. The highest BCUT2D eigenvalue weighted by atomic mass is 32.1. The van der Waals surface area contributed by atoms with Crippen LogP contribution in [0.15, 0.2) is 12.4 Å². The predicted octanol–water partition coefficient (Wildman–Crippen LogP) is 2.59. The van der Waals surface area contributed by atoms with E-state index in [-0.39, 0.29) is 0 Å². The van der Waals surface area contributed by atoms with Gasteiger partial charge in [0.25, 0.3) is 0 Å². The number of thiazole rings is 2. The average molecular weight is 254 g/mol. The molecule has 0 amide bonds. The summed E-state index contributed by atoms with van der Waals surface area (Å²) in [6, 6.07) is 0. The minimum absolute atomic E-state index is 0.790. The molecule has 2 heterocycles. The van der Waals surface area contributed by atoms with Gasteiger partial charge in [-0.3, -0.25) is 0 Å². The zero-order chi connectivity index (χ0) is 11.5. The first-order valence-electron chi connectivity index (χ1n) is 4.93. The molecular formula is C10H14N4S2. The highest BCUT2D eigenvalue weighted by Gasteiger charge is 2.04. The molecule has 2 aromatic rings. The van der Waals surface area contributed by atoms with Crippen LogP contribution in [0.25, 0.3) is 0 Å². The molecule has 0 saturated carbocycles. The Balaban J connectivity index is 1.94. The molecule has 0 radical (unpaired) electrons. The summed E-state index contributed by atoms with van der Waals surface area (Å²) in [5.41, 5.74) is 0. The molecule has 86 valence electrons. The van der Waals surface area contributed by atoms with Crippen LogP contribution in [0.5, 0.6) is 0 Å². The van der Waals surface area contributed by atoms with Gasteiger partial charge in [0.15, 0.2) is 10.3 Å². The Kier molecular flexibility index (Phi) is 3.40. The lowest BCUT2D eigenvalue weighted by molar-refractivity contribution is 1.10. The monoisotopic (exact) mass is 254 g/mol. The Bertz CT molecular complexity index is 461. The van der Waals surface area contributed by atoms with Crippen molar-refractivity contribution in [3.05, 3.63) is 22.1 Å². The summed E-state index contributed by atoms with van der Waals surface area (Å²) in [6.07, 6.45) is 3.79. The van der Waals surface area contributed by atoms with Gasteiger partial charge in [0.05, 0.1) is 6.54 Å². The van der Waals surface area contributed by atoms with E-state index in [4.69, 9.17) is 0 Å². The van der Waals surface area contributed by atoms with Gasteiger partial charge in [0, 0.05) is 36.2 Å². The van der Waals surface area contributed by atoms with Gasteiger partial charge in [-0.2, -0.15) is 0 Å². The fourth-order valence-electron chi connectivity index (χ4n) is 1.18. The molecular weight excluding hydrogens is 240 g/mol. The SMILES string of the molecule is Cc1cnc(NCc2cnc(N(C)C)s2)s1. The maximum Gasteiger partial charge on any atom is 0.185 e. The van der Waals surface area contributed by atoms with Crippen LogP contribution >= 0.6 is 22.7 Å². The standard InChI is InChI=1S/C10H14N4S2/c1-7-4-11-9(15-7)12-5-8-6-13-10(16-8)14(2)3/h4,6H,5H2,1-3H3,(H,11,12). The number of hydrogen-bond donors (Lipinski definition) is 1. The molecule has 0 atom stereocenters. The highest BCUT2D eigenvalue weighted by Crippen LogP contribution is 2.22. The van der Waals surface area contributed by atoms with Crippen molar-refractivity contribution < 1.29 is 0 Å². The molecule has 1 N–H and O–H groups in total. The third kappa shape index (κ3) is 2.70. The Hall–Kier alpha value is -1.14. The smallest absolute Gasteiger partial charge is 0.185 e. The van der Waals surface area contributed by atoms with Gasteiger partial charge >= 0.3 is 0 Å². The van der Waals surface area contributed by atoms with E-state index in [1.807, 2.05) is 31.4 Å². The maximum absolute atomic E-state index is 4.32. The first kappa shape index (κ1) is 11.3. The van der Waals surface area contributed by atoms with Crippen LogP contribution < -0.4 is 10.2 Å². The molecule has 0 bridgehead atoms. The van der Waals surface area contributed by atoms with E-state index in [9.17, 15) is 0 Å². The van der Waals surface area contributed by atoms with Crippen molar-refractivity contribution in [1.82, 2.24) is 9.97 Å². The van der Waals surface area contributed by atoms with E-state index in [0.717, 1.165) is 16.8 Å². The number of aromatic nitrogens is 2. The molecule has 0 aliphatic rings. The number of nitrogens with zero attached hydrogens (tertiary/aromatic N) is 3. The Morgan fingerprint density at radius 3 is 2.62 bits per heavy atom. The minimum atomic E-state index is 0.790. The van der Waals surface area contributed by atoms with E-state index in [0.29, 0.717) is 0 Å². The lowest BCUT2D eigenvalue weighted by Gasteiger charge is -2.05. The molecule has 4 nitrogen and oxygen atoms in total. The zero-order valence-corrected chi connectivity index (χ0v) is 11.2. The van der Waals surface area contributed by atoms with Crippen LogP contribution in [0.3, 0.4) is 0 Å². The van der Waals surface area contributed by atoms with Crippen molar-refractivity contribution in [3.63, 3.8) is 0 Å². The number of rotatable bonds is 4. The molecule has 0 aliphatic carbocycles. The van der Waals surface area contributed by atoms with E-state index in [1.165, 1.54) is 9.75 Å². The molecule has 0 fully saturated rings. The number of aryl methyl sites for hydroxylation is 1. The van der Waals surface area contributed by atoms with Gasteiger partial charge in [-0.05, 0) is 6.92 Å². The van der Waals surface area contributed by atoms with Crippen molar-refractivity contribution in [3.8, 4) is 0 Å². The van der Waals surface area contributed by atoms with Crippen LogP contribution in [0, 0.1) is 6.92 Å². The second-order valence-electron chi connectivity index (χ2n) is 3.63. The average Bonchev–Trinajstić information content (AvgIpc) is 2.83. The predicted molar refractivity (Wildman–Crippen MR) is 70.6 cm³/mol. The lowest BCUT2D eigenvalue weighted by Crippen LogP contribution is -2.07. The van der Waals surface area contributed by atoms with Crippen molar-refractivity contribution >= 4 is 32.9 Å². The van der Waals surface area contributed by atoms with Crippen molar-refractivity contribution in [2.24, 2.45) is 0 Å². The third-order valence-corrected chi connectivity index (χ3v) is 3.99. The number of hydrogen-bond acceptors (Lipinski definition) is 6. The topological polar surface area (TPSA) is 41.1 Å². The second-order valence-corrected chi connectivity index (χ2v) is 5.96. The van der Waals surface area contributed by atoms with Gasteiger partial charge in [-0.25, -0.2) is 9.97 Å². The summed E-state index contributed by atoms with van der Waals surface area (Å²) >= 11 is 3.37. The Labute approximate surface area is 103 Å². The summed E-state index contributed by atoms with van der Waals surface area (Å²) in [7, 11) is 4.00. The summed E-state index contributed by atoms with van der Waals surface area (Å²) < 4.78 is 0. The first-order chi connectivity index (χ1) is 7.65. The molecule has 0 aromatic carbocycles. The first-order valence-corrected chi connectivity index (χ1v) is 6.57. The van der Waals surface area contributed by atoms with Crippen LogP contribution in [-0.2, 0) is 6.54 Å². The maximum atomic E-state index is 4.32. The fraction of sp³-hybridized carbons (Fsp3) is 0.400. The highest BCUT2D eigenvalue weighted by molar-refractivity contribution is 7.16. The second kappa shape index (κ2) is 4.80. The van der Waals surface area contributed by atoms with Gasteiger partial charge < -0.3 is 10.2 Å². The molecule has 0 saturated heterocycles. The minimum Gasteiger partial charge on any atom is -0.357 e. The molecule has 2 aromatic heterocycles. The molecule has 6 heteroatoms. The lowest BCUT2D eigenvalue weighted by atomic mass is 10.5. The van der Waals surface area contributed by atoms with Crippen LogP contribution in [0.2, 0.25) is 0 Å². The van der Waals surface area contributed by atoms with Crippen molar-refractivity contribution in [2.75, 3.05) is 24.3 Å². The largest absolute Gasteiger partial charge is 0.357 e. The molecule has 0 spiro atoms. The van der Waals surface area contributed by atoms with Crippen LogP contribution in [0.4, 0.5) is 10.3 Å². The van der Waals surface area contributed by atoms with E-state index >= 15 is 0 Å². The Morgan fingerprint density at radius 1 is 1.25 bits per heavy atom. The van der Waals surface area contributed by atoms with Gasteiger partial charge in [-0.1, -0.05) is 0 Å². The fourth-order valence-corrected chi connectivity index (χ4v) is 2.62. The molecule has 0 unspecified atom stereocenters. The summed E-state index contributed by atoms with van der Waals surface area (Å²) in [4.78, 5) is 13.0. The zero-order valence-electron chi connectivity index (χ0n) is 9.52. The van der Waals surface area contributed by atoms with Gasteiger partial charge in [0.1, 0.15) is 0 Å². The van der Waals surface area contributed by atoms with E-state index in [2.05, 4.69) is 22.2 Å². The van der Waals surface area contributed by atoms with Crippen molar-refractivity contribution in [1.29, 1.82) is 0 Å². The van der Waals surface area contributed by atoms with Crippen molar-refractivity contribution in [2.45, 2.75) is 13.5 Å². The summed E-state index contributed by atoms with van der Waals surface area (Å²) in [5.74, 6) is 0.